The van der Waals surface area contributed by atoms with Crippen LogP contribution in [0.4, 0.5) is 22.7 Å². The van der Waals surface area contributed by atoms with Crippen molar-refractivity contribution in [2.24, 2.45) is 14.1 Å². The second kappa shape index (κ2) is 25.7. The lowest BCUT2D eigenvalue weighted by Gasteiger charge is -2.26. The maximum absolute atomic E-state index is 13.1. The van der Waals surface area contributed by atoms with E-state index in [0.717, 1.165) is 170 Å². The highest BCUT2D eigenvalue weighted by atomic mass is 35.5. The van der Waals surface area contributed by atoms with Gasteiger partial charge in [-0.05, 0) is 111 Å². The number of rotatable bonds is 11. The van der Waals surface area contributed by atoms with Crippen LogP contribution in [-0.4, -0.2) is 127 Å². The van der Waals surface area contributed by atoms with Gasteiger partial charge in [-0.2, -0.15) is 10.2 Å². The Bertz CT molecular complexity index is 2670. The third-order valence-electron chi connectivity index (χ3n) is 13.5. The van der Waals surface area contributed by atoms with Crippen LogP contribution in [-0.2, 0) is 41.4 Å². The summed E-state index contributed by atoms with van der Waals surface area (Å²) in [6, 6.07) is 22.8. The first-order valence-electron chi connectivity index (χ1n) is 25.0. The Morgan fingerprint density at radius 2 is 1.14 bits per heavy atom. The summed E-state index contributed by atoms with van der Waals surface area (Å²) in [6.07, 6.45) is 9.85. The van der Waals surface area contributed by atoms with Gasteiger partial charge in [0.15, 0.2) is 5.76 Å². The van der Waals surface area contributed by atoms with Gasteiger partial charge in [0.1, 0.15) is 11.5 Å². The summed E-state index contributed by atoms with van der Waals surface area (Å²) in [4.78, 5) is 33.8. The number of nitrogens with one attached hydrogen (secondary N) is 1. The smallest absolute Gasteiger partial charge is 0.373 e. The van der Waals surface area contributed by atoms with Gasteiger partial charge < -0.3 is 43.9 Å². The van der Waals surface area contributed by atoms with Gasteiger partial charge in [0, 0.05) is 140 Å². The number of benzene rings is 2. The lowest BCUT2D eigenvalue weighted by molar-refractivity contribution is 0.0555. The second-order valence-corrected chi connectivity index (χ2v) is 19.6. The van der Waals surface area contributed by atoms with Crippen molar-refractivity contribution in [2.75, 3.05) is 107 Å². The van der Waals surface area contributed by atoms with E-state index in [1.807, 2.05) is 84.4 Å². The zero-order chi connectivity index (χ0) is 50.4. The number of nitrogen functional groups attached to an aromatic ring is 1. The molecule has 0 saturated carbocycles. The Kier molecular flexibility index (Phi) is 18.8. The first-order chi connectivity index (χ1) is 35.0. The molecule has 2 aromatic carbocycles. The topological polar surface area (TPSA) is 175 Å². The van der Waals surface area contributed by atoms with E-state index in [1.54, 1.807) is 12.1 Å². The van der Waals surface area contributed by atoms with Crippen molar-refractivity contribution in [1.82, 2.24) is 29.4 Å². The standard InChI is InChI=1S/C26H32ClN5O3.C16H22ClN5.C11H14O4/c1-30-12-7-21(29-30)18-31-10-2-11-32(14-13-31)23-4-3-20(27)17-22(23)28-26(33)25-6-5-24(35-25)19-8-15-34-16-9-19;1-20-8-5-14(19-20)12-21-6-2-7-22(10-9-21)16-4-3-13(17)11-15(16)18;1-13-11(12)10-3-2-9(15-10)8-4-6-14-7-5-8/h3-7,12,17,19H,2,8-11,13-16,18H2,1H3,(H,28,33);3-5,8,11H,2,6-7,9-10,12,18H2,1H3;2-3,8H,4-7H2,1H3. The first kappa shape index (κ1) is 52.5. The van der Waals surface area contributed by atoms with E-state index < -0.39 is 5.97 Å². The fraction of sp³-hybridized carbons (Fsp3) is 0.472. The molecule has 6 aromatic rings. The van der Waals surface area contributed by atoms with E-state index in [0.29, 0.717) is 33.3 Å². The Morgan fingerprint density at radius 1 is 0.639 bits per heavy atom. The van der Waals surface area contributed by atoms with Gasteiger partial charge in [0.05, 0.1) is 41.2 Å². The van der Waals surface area contributed by atoms with Gasteiger partial charge in [-0.15, -0.1) is 0 Å². The number of furan rings is 2. The highest BCUT2D eigenvalue weighted by molar-refractivity contribution is 6.31. The van der Waals surface area contributed by atoms with Crippen molar-refractivity contribution >= 4 is 57.8 Å². The predicted octanol–water partition coefficient (Wildman–Crippen LogP) is 8.85. The van der Waals surface area contributed by atoms with Gasteiger partial charge in [-0.25, -0.2) is 4.79 Å². The van der Waals surface area contributed by atoms with Gasteiger partial charge in [0.25, 0.3) is 5.91 Å². The molecule has 72 heavy (non-hydrogen) atoms. The number of aromatic nitrogens is 4. The van der Waals surface area contributed by atoms with Crippen LogP contribution in [0, 0.1) is 0 Å². The number of nitrogens with two attached hydrogens (primary N) is 1. The molecule has 0 spiro atoms. The molecule has 17 nitrogen and oxygen atoms in total. The molecule has 1 amide bonds. The number of esters is 1. The van der Waals surface area contributed by atoms with Crippen LogP contribution in [0.3, 0.4) is 0 Å². The quantitative estimate of drug-likeness (QED) is 0.0930. The minimum Gasteiger partial charge on any atom is -0.463 e. The molecular formula is C53H68Cl2N10O7. The highest BCUT2D eigenvalue weighted by Crippen LogP contribution is 2.33. The number of amides is 1. The van der Waals surface area contributed by atoms with Crippen molar-refractivity contribution in [3.8, 4) is 0 Å². The first-order valence-corrected chi connectivity index (χ1v) is 25.7. The van der Waals surface area contributed by atoms with Gasteiger partial charge >= 0.3 is 5.97 Å². The molecule has 19 heteroatoms. The highest BCUT2D eigenvalue weighted by Gasteiger charge is 2.25. The average molecular weight is 1030 g/mol. The fourth-order valence-electron chi connectivity index (χ4n) is 9.62. The van der Waals surface area contributed by atoms with Crippen LogP contribution >= 0.6 is 23.2 Å². The molecule has 386 valence electrons. The maximum Gasteiger partial charge on any atom is 0.373 e. The lowest BCUT2D eigenvalue weighted by Crippen LogP contribution is -2.31. The Hall–Kier alpha value is -5.82. The number of anilines is 4. The molecule has 0 unspecified atom stereocenters. The molecule has 4 aliphatic rings. The fourth-order valence-corrected chi connectivity index (χ4v) is 9.97. The number of carbonyl (C=O) groups excluding carboxylic acids is 2. The van der Waals surface area contributed by atoms with E-state index in [4.69, 9.17) is 47.2 Å². The molecule has 10 rings (SSSR count). The van der Waals surface area contributed by atoms with Crippen LogP contribution < -0.4 is 20.9 Å². The molecule has 3 N–H and O–H groups in total. The largest absolute Gasteiger partial charge is 0.463 e. The van der Waals surface area contributed by atoms with Crippen LogP contribution in [0.15, 0.2) is 94.0 Å². The summed E-state index contributed by atoms with van der Waals surface area (Å²) in [5.74, 6) is 2.29. The maximum atomic E-state index is 13.1. The molecule has 8 heterocycles. The van der Waals surface area contributed by atoms with Gasteiger partial charge in [-0.1, -0.05) is 23.2 Å². The number of hydrogen-bond acceptors (Lipinski definition) is 14. The van der Waals surface area contributed by atoms with Gasteiger partial charge in [-0.3, -0.25) is 24.0 Å². The monoisotopic (exact) mass is 1030 g/mol. The molecule has 0 aliphatic carbocycles. The summed E-state index contributed by atoms with van der Waals surface area (Å²) in [5, 5.41) is 13.3. The molecule has 4 aliphatic heterocycles. The normalized spacial score (nSPS) is 17.5. The van der Waals surface area contributed by atoms with E-state index in [1.165, 1.54) is 7.11 Å². The minimum atomic E-state index is -0.423. The molecule has 0 bridgehead atoms. The van der Waals surface area contributed by atoms with Crippen molar-refractivity contribution in [1.29, 1.82) is 0 Å². The zero-order valence-corrected chi connectivity index (χ0v) is 43.2. The molecule has 0 atom stereocenters. The Morgan fingerprint density at radius 3 is 1.65 bits per heavy atom. The van der Waals surface area contributed by atoms with Gasteiger partial charge in [0.2, 0.25) is 5.76 Å². The molecular weight excluding hydrogens is 960 g/mol. The third kappa shape index (κ3) is 14.7. The van der Waals surface area contributed by atoms with E-state index in [-0.39, 0.29) is 11.7 Å². The SMILES string of the molecule is COC(=O)c1ccc(C2CCOCC2)o1.Cn1ccc(CN2CCCN(c3ccc(Cl)cc3N)CC2)n1.Cn1ccc(CN2CCCN(c3ccc(Cl)cc3NC(=O)c3ccc(C4CCOCC4)o3)CC2)n1. The predicted molar refractivity (Wildman–Crippen MR) is 280 cm³/mol. The number of carbonyl (C=O) groups is 2. The van der Waals surface area contributed by atoms with Crippen molar-refractivity contribution in [2.45, 2.75) is 63.5 Å². The van der Waals surface area contributed by atoms with Crippen LogP contribution in [0.1, 0.15) is 94.4 Å². The van der Waals surface area contributed by atoms with Crippen LogP contribution in [0.25, 0.3) is 0 Å². The number of hydrogen-bond donors (Lipinski definition) is 2. The molecule has 4 saturated heterocycles. The summed E-state index contributed by atoms with van der Waals surface area (Å²) < 4.78 is 30.4. The minimum absolute atomic E-state index is 0.265. The van der Waals surface area contributed by atoms with E-state index in [2.05, 4.69) is 52.0 Å². The number of ether oxygens (including phenoxy) is 3. The number of aryl methyl sites for hydroxylation is 2. The Balaban J connectivity index is 0.000000159. The van der Waals surface area contributed by atoms with E-state index >= 15 is 0 Å². The van der Waals surface area contributed by atoms with Crippen LogP contribution in [0.2, 0.25) is 10.0 Å². The summed E-state index contributed by atoms with van der Waals surface area (Å²) in [6.45, 7) is 12.5. The average Bonchev–Trinajstić information content (AvgIpc) is 4.19. The van der Waals surface area contributed by atoms with Crippen LogP contribution in [0.5, 0.6) is 0 Å². The molecule has 4 aromatic heterocycles. The third-order valence-corrected chi connectivity index (χ3v) is 13.9. The Labute approximate surface area is 432 Å². The summed E-state index contributed by atoms with van der Waals surface area (Å²) in [7, 11) is 5.24. The summed E-state index contributed by atoms with van der Waals surface area (Å²) >= 11 is 12.3. The van der Waals surface area contributed by atoms with Crippen molar-refractivity contribution < 1.29 is 32.6 Å². The molecule has 4 fully saturated rings. The number of nitrogens with zero attached hydrogens (tertiary/aromatic N) is 8. The van der Waals surface area contributed by atoms with Crippen molar-refractivity contribution in [3.63, 3.8) is 0 Å². The number of methoxy groups -OCH3 is 1. The molecule has 0 radical (unpaired) electrons. The van der Waals surface area contributed by atoms with Crippen molar-refractivity contribution in [3.05, 3.63) is 130 Å². The summed E-state index contributed by atoms with van der Waals surface area (Å²) in [5.41, 5.74) is 11.8. The second-order valence-electron chi connectivity index (χ2n) is 18.7. The zero-order valence-electron chi connectivity index (χ0n) is 41.6. The van der Waals surface area contributed by atoms with E-state index in [9.17, 15) is 9.59 Å². The number of halogens is 2. The lowest BCUT2D eigenvalue weighted by atomic mass is 9.98.